The third-order valence-electron chi connectivity index (χ3n) is 4.98. The number of nitrogens with one attached hydrogen (secondary N) is 1. The number of carbonyl (C=O) groups excluding carboxylic acids is 1. The van der Waals surface area contributed by atoms with Gasteiger partial charge >= 0.3 is 0 Å². The van der Waals surface area contributed by atoms with Gasteiger partial charge in [-0.2, -0.15) is 0 Å². The van der Waals surface area contributed by atoms with Crippen LogP contribution in [0.25, 0.3) is 0 Å². The summed E-state index contributed by atoms with van der Waals surface area (Å²) in [5.41, 5.74) is 2.51. The molecule has 21 heavy (non-hydrogen) atoms. The van der Waals surface area contributed by atoms with Crippen LogP contribution >= 0.6 is 0 Å². The fraction of sp³-hybridized carbons (Fsp3) is 0.588. The van der Waals surface area contributed by atoms with Crippen LogP contribution in [-0.4, -0.2) is 54.5 Å². The molecule has 0 aliphatic carbocycles. The van der Waals surface area contributed by atoms with E-state index in [2.05, 4.69) is 49.3 Å². The molecule has 1 atom stereocenters. The molecule has 1 amide bonds. The maximum Gasteiger partial charge on any atom is 0.244 e. The second-order valence-corrected chi connectivity index (χ2v) is 6.83. The summed E-state index contributed by atoms with van der Waals surface area (Å²) in [5, 5.41) is 3.41. The fourth-order valence-electron chi connectivity index (χ4n) is 3.34. The van der Waals surface area contributed by atoms with Crippen molar-refractivity contribution in [3.05, 3.63) is 35.4 Å². The van der Waals surface area contributed by atoms with Gasteiger partial charge < -0.3 is 10.2 Å². The SMILES string of the molecule is CN1CCN(C(=O)C2NCCc3ccccc32)CC1(C)C. The minimum Gasteiger partial charge on any atom is -0.338 e. The first-order valence-electron chi connectivity index (χ1n) is 7.80. The molecule has 1 saturated heterocycles. The molecule has 3 rings (SSSR count). The van der Waals surface area contributed by atoms with E-state index in [0.29, 0.717) is 0 Å². The lowest BCUT2D eigenvalue weighted by Crippen LogP contribution is -2.60. The van der Waals surface area contributed by atoms with Crippen LogP contribution < -0.4 is 5.32 Å². The third-order valence-corrected chi connectivity index (χ3v) is 4.98. The van der Waals surface area contributed by atoms with Crippen molar-refractivity contribution < 1.29 is 4.79 Å². The van der Waals surface area contributed by atoms with Gasteiger partial charge in [-0.25, -0.2) is 0 Å². The molecule has 4 heteroatoms. The maximum absolute atomic E-state index is 13.0. The Labute approximate surface area is 127 Å². The lowest BCUT2D eigenvalue weighted by Gasteiger charge is -2.46. The summed E-state index contributed by atoms with van der Waals surface area (Å²) in [5.74, 6) is 0.225. The van der Waals surface area contributed by atoms with E-state index in [9.17, 15) is 4.79 Å². The van der Waals surface area contributed by atoms with Crippen LogP contribution in [0.1, 0.15) is 31.0 Å². The Morgan fingerprint density at radius 1 is 1.29 bits per heavy atom. The number of amides is 1. The minimum atomic E-state index is -0.172. The Hall–Kier alpha value is -1.39. The number of fused-ring (bicyclic) bond motifs is 1. The number of hydrogen-bond donors (Lipinski definition) is 1. The van der Waals surface area contributed by atoms with Gasteiger partial charge in [0, 0.05) is 31.7 Å². The van der Waals surface area contributed by atoms with Crippen molar-refractivity contribution in [2.45, 2.75) is 31.8 Å². The molecule has 1 aromatic rings. The molecule has 2 heterocycles. The first-order chi connectivity index (χ1) is 9.99. The van der Waals surface area contributed by atoms with Gasteiger partial charge in [0.2, 0.25) is 5.91 Å². The highest BCUT2D eigenvalue weighted by atomic mass is 16.2. The molecule has 1 fully saturated rings. The molecule has 2 aliphatic rings. The highest BCUT2D eigenvalue weighted by molar-refractivity contribution is 5.84. The quantitative estimate of drug-likeness (QED) is 0.849. The maximum atomic E-state index is 13.0. The molecule has 1 aromatic carbocycles. The van der Waals surface area contributed by atoms with E-state index in [1.165, 1.54) is 5.56 Å². The fourth-order valence-corrected chi connectivity index (χ4v) is 3.34. The first kappa shape index (κ1) is 14.5. The van der Waals surface area contributed by atoms with Gasteiger partial charge in [-0.1, -0.05) is 24.3 Å². The molecule has 1 unspecified atom stereocenters. The molecule has 2 aliphatic heterocycles. The third kappa shape index (κ3) is 2.70. The highest BCUT2D eigenvalue weighted by Crippen LogP contribution is 2.27. The summed E-state index contributed by atoms with van der Waals surface area (Å²) in [4.78, 5) is 17.3. The summed E-state index contributed by atoms with van der Waals surface area (Å²) in [6.07, 6.45) is 1.01. The molecule has 114 valence electrons. The van der Waals surface area contributed by atoms with Crippen molar-refractivity contribution in [2.75, 3.05) is 33.2 Å². The molecular weight excluding hydrogens is 262 g/mol. The molecule has 0 spiro atoms. The van der Waals surface area contributed by atoms with Crippen molar-refractivity contribution in [1.82, 2.24) is 15.1 Å². The van der Waals surface area contributed by atoms with Gasteiger partial charge in [0.1, 0.15) is 6.04 Å². The summed E-state index contributed by atoms with van der Waals surface area (Å²) in [6.45, 7) is 7.84. The van der Waals surface area contributed by atoms with Crippen molar-refractivity contribution in [1.29, 1.82) is 0 Å². The molecule has 0 bridgehead atoms. The summed E-state index contributed by atoms with van der Waals surface area (Å²) >= 11 is 0. The van der Waals surface area contributed by atoms with E-state index >= 15 is 0 Å². The second-order valence-electron chi connectivity index (χ2n) is 6.83. The monoisotopic (exact) mass is 287 g/mol. The van der Waals surface area contributed by atoms with Crippen LogP contribution in [0.4, 0.5) is 0 Å². The van der Waals surface area contributed by atoms with Gasteiger partial charge in [0.15, 0.2) is 0 Å². The Morgan fingerprint density at radius 3 is 2.81 bits per heavy atom. The standard InChI is InChI=1S/C17H25N3O/c1-17(2)12-20(11-10-19(17)3)16(21)15-14-7-5-4-6-13(14)8-9-18-15/h4-7,15,18H,8-12H2,1-3H3. The zero-order chi connectivity index (χ0) is 15.0. The Kier molecular flexibility index (Phi) is 3.76. The molecular formula is C17H25N3O. The lowest BCUT2D eigenvalue weighted by atomic mass is 9.92. The van der Waals surface area contributed by atoms with E-state index in [4.69, 9.17) is 0 Å². The average molecular weight is 287 g/mol. The number of rotatable bonds is 1. The van der Waals surface area contributed by atoms with Crippen molar-refractivity contribution in [3.8, 4) is 0 Å². The van der Waals surface area contributed by atoms with Crippen molar-refractivity contribution >= 4 is 5.91 Å². The summed E-state index contributed by atoms with van der Waals surface area (Å²) in [7, 11) is 2.13. The van der Waals surface area contributed by atoms with Crippen LogP contribution in [0.5, 0.6) is 0 Å². The van der Waals surface area contributed by atoms with Crippen LogP contribution in [0.15, 0.2) is 24.3 Å². The van der Waals surface area contributed by atoms with E-state index in [0.717, 1.165) is 38.2 Å². The largest absolute Gasteiger partial charge is 0.338 e. The summed E-state index contributed by atoms with van der Waals surface area (Å²) < 4.78 is 0. The number of nitrogens with zero attached hydrogens (tertiary/aromatic N) is 2. The molecule has 0 aromatic heterocycles. The van der Waals surface area contributed by atoms with Gasteiger partial charge in [0.25, 0.3) is 0 Å². The van der Waals surface area contributed by atoms with Crippen LogP contribution in [0, 0.1) is 0 Å². The van der Waals surface area contributed by atoms with Gasteiger partial charge in [0.05, 0.1) is 0 Å². The predicted molar refractivity (Wildman–Crippen MR) is 84.2 cm³/mol. The lowest BCUT2D eigenvalue weighted by molar-refractivity contribution is -0.138. The molecule has 1 N–H and O–H groups in total. The van der Waals surface area contributed by atoms with Crippen molar-refractivity contribution in [2.24, 2.45) is 0 Å². The molecule has 0 radical (unpaired) electrons. The van der Waals surface area contributed by atoms with Gasteiger partial charge in [-0.3, -0.25) is 9.69 Å². The van der Waals surface area contributed by atoms with E-state index in [1.807, 2.05) is 11.0 Å². The van der Waals surface area contributed by atoms with Gasteiger partial charge in [-0.05, 0) is 38.4 Å². The van der Waals surface area contributed by atoms with Crippen LogP contribution in [-0.2, 0) is 11.2 Å². The topological polar surface area (TPSA) is 35.6 Å². The van der Waals surface area contributed by atoms with Crippen LogP contribution in [0.3, 0.4) is 0 Å². The first-order valence-corrected chi connectivity index (χ1v) is 7.80. The Balaban J connectivity index is 1.81. The average Bonchev–Trinajstić information content (AvgIpc) is 2.48. The molecule has 0 saturated carbocycles. The number of carbonyl (C=O) groups is 1. The number of piperazine rings is 1. The summed E-state index contributed by atoms with van der Waals surface area (Å²) in [6, 6.07) is 8.15. The van der Waals surface area contributed by atoms with Gasteiger partial charge in [-0.15, -0.1) is 0 Å². The van der Waals surface area contributed by atoms with E-state index in [1.54, 1.807) is 0 Å². The number of likely N-dealkylation sites (N-methyl/N-ethyl adjacent to an activating group) is 1. The zero-order valence-electron chi connectivity index (χ0n) is 13.2. The molecule has 4 nitrogen and oxygen atoms in total. The smallest absolute Gasteiger partial charge is 0.244 e. The predicted octanol–water partition coefficient (Wildman–Crippen LogP) is 1.43. The highest BCUT2D eigenvalue weighted by Gasteiger charge is 2.37. The van der Waals surface area contributed by atoms with E-state index in [-0.39, 0.29) is 17.5 Å². The van der Waals surface area contributed by atoms with E-state index < -0.39 is 0 Å². The zero-order valence-corrected chi connectivity index (χ0v) is 13.2. The van der Waals surface area contributed by atoms with Crippen LogP contribution in [0.2, 0.25) is 0 Å². The normalized spacial score (nSPS) is 25.5. The number of hydrogen-bond acceptors (Lipinski definition) is 3. The second kappa shape index (κ2) is 5.43. The Morgan fingerprint density at radius 2 is 2.05 bits per heavy atom. The van der Waals surface area contributed by atoms with Crippen molar-refractivity contribution in [3.63, 3.8) is 0 Å². The minimum absolute atomic E-state index is 0.0437. The number of benzene rings is 1. The Bertz CT molecular complexity index is 541.